The predicted molar refractivity (Wildman–Crippen MR) is 84.9 cm³/mol. The summed E-state index contributed by atoms with van der Waals surface area (Å²) in [5, 5.41) is 13.0. The summed E-state index contributed by atoms with van der Waals surface area (Å²) >= 11 is 5.99. The average Bonchev–Trinajstić information content (AvgIpc) is 2.47. The number of nitrogens with one attached hydrogen (secondary N) is 1. The Morgan fingerprint density at radius 2 is 1.81 bits per heavy atom. The lowest BCUT2D eigenvalue weighted by Gasteiger charge is -2.25. The molecule has 0 atom stereocenters. The maximum atomic E-state index is 9.52. The molecule has 1 aromatic heterocycles. The number of aliphatic hydroxyl groups is 1. The molecule has 0 aliphatic heterocycles. The Bertz CT molecular complexity index is 447. The molecule has 0 unspecified atom stereocenters. The summed E-state index contributed by atoms with van der Waals surface area (Å²) in [5.41, 5.74) is 0. The van der Waals surface area contributed by atoms with Gasteiger partial charge in [-0.3, -0.25) is 0 Å². The van der Waals surface area contributed by atoms with Gasteiger partial charge in [0.1, 0.15) is 0 Å². The molecule has 0 saturated heterocycles. The van der Waals surface area contributed by atoms with Crippen molar-refractivity contribution in [2.45, 2.75) is 45.6 Å². The molecule has 1 aliphatic carbocycles. The molecule has 0 bridgehead atoms. The van der Waals surface area contributed by atoms with E-state index in [1.165, 1.54) is 0 Å². The predicted octanol–water partition coefficient (Wildman–Crippen LogP) is 2.33. The Kier molecular flexibility index (Phi) is 5.99. The van der Waals surface area contributed by atoms with Crippen LogP contribution in [0.25, 0.3) is 0 Å². The van der Waals surface area contributed by atoms with Crippen LogP contribution in [0.3, 0.4) is 0 Å². The van der Waals surface area contributed by atoms with Crippen molar-refractivity contribution in [1.82, 2.24) is 15.0 Å². The highest BCUT2D eigenvalue weighted by atomic mass is 35.5. The van der Waals surface area contributed by atoms with Crippen LogP contribution in [0.5, 0.6) is 0 Å². The number of aliphatic hydroxyl groups excluding tert-OH is 1. The van der Waals surface area contributed by atoms with Crippen LogP contribution in [0.2, 0.25) is 5.28 Å². The number of hydrogen-bond donors (Lipinski definition) is 2. The number of anilines is 2. The molecule has 1 saturated carbocycles. The minimum absolute atomic E-state index is 0.123. The van der Waals surface area contributed by atoms with E-state index in [-0.39, 0.29) is 11.4 Å². The van der Waals surface area contributed by atoms with Gasteiger partial charge in [-0.25, -0.2) is 0 Å². The molecule has 1 heterocycles. The molecular weight excluding hydrogens is 290 g/mol. The van der Waals surface area contributed by atoms with Crippen molar-refractivity contribution in [1.29, 1.82) is 0 Å². The minimum atomic E-state index is -0.123. The van der Waals surface area contributed by atoms with Gasteiger partial charge < -0.3 is 15.3 Å². The van der Waals surface area contributed by atoms with Crippen molar-refractivity contribution in [2.75, 3.05) is 29.9 Å². The molecule has 2 rings (SSSR count). The minimum Gasteiger partial charge on any atom is -0.393 e. The monoisotopic (exact) mass is 313 g/mol. The summed E-state index contributed by atoms with van der Waals surface area (Å²) in [7, 11) is 0. The molecule has 0 amide bonds. The van der Waals surface area contributed by atoms with Crippen LogP contribution in [-0.2, 0) is 0 Å². The lowest BCUT2D eigenvalue weighted by molar-refractivity contribution is 0.111. The standard InChI is InChI=1S/C14H24ClN5O/c1-3-20(4-2)14-18-12(15)17-13(19-14)16-9-10-5-7-11(21)8-6-10/h10-11,21H,3-9H2,1-2H3,(H,16,17,18,19). The normalized spacial score (nSPS) is 22.1. The average molecular weight is 314 g/mol. The summed E-state index contributed by atoms with van der Waals surface area (Å²) in [5.74, 6) is 1.70. The van der Waals surface area contributed by atoms with Crippen molar-refractivity contribution < 1.29 is 5.11 Å². The fourth-order valence-corrected chi connectivity index (χ4v) is 2.81. The van der Waals surface area contributed by atoms with E-state index in [9.17, 15) is 5.11 Å². The summed E-state index contributed by atoms with van der Waals surface area (Å²) in [6.07, 6.45) is 3.72. The summed E-state index contributed by atoms with van der Waals surface area (Å²) in [6.45, 7) is 6.58. The van der Waals surface area contributed by atoms with Gasteiger partial charge in [0, 0.05) is 19.6 Å². The summed E-state index contributed by atoms with van der Waals surface area (Å²) in [4.78, 5) is 14.8. The van der Waals surface area contributed by atoms with Crippen molar-refractivity contribution >= 4 is 23.5 Å². The second kappa shape index (κ2) is 7.75. The second-order valence-corrected chi connectivity index (χ2v) is 5.79. The fraction of sp³-hybridized carbons (Fsp3) is 0.786. The molecule has 1 aliphatic rings. The van der Waals surface area contributed by atoms with Crippen molar-refractivity contribution in [3.63, 3.8) is 0 Å². The van der Waals surface area contributed by atoms with Gasteiger partial charge in [0.2, 0.25) is 17.2 Å². The van der Waals surface area contributed by atoms with Crippen LogP contribution in [0, 0.1) is 5.92 Å². The molecule has 1 aromatic rings. The first kappa shape index (κ1) is 16.2. The van der Waals surface area contributed by atoms with Crippen LogP contribution in [0.1, 0.15) is 39.5 Å². The van der Waals surface area contributed by atoms with Crippen molar-refractivity contribution in [3.8, 4) is 0 Å². The van der Waals surface area contributed by atoms with E-state index in [0.29, 0.717) is 17.8 Å². The van der Waals surface area contributed by atoms with Crippen LogP contribution in [-0.4, -0.2) is 45.8 Å². The highest BCUT2D eigenvalue weighted by molar-refractivity contribution is 6.28. The molecule has 0 spiro atoms. The molecule has 0 radical (unpaired) electrons. The highest BCUT2D eigenvalue weighted by Crippen LogP contribution is 2.24. The molecular formula is C14H24ClN5O. The third-order valence-corrected chi connectivity index (χ3v) is 4.18. The highest BCUT2D eigenvalue weighted by Gasteiger charge is 2.19. The quantitative estimate of drug-likeness (QED) is 0.839. The zero-order valence-electron chi connectivity index (χ0n) is 12.7. The van der Waals surface area contributed by atoms with Gasteiger partial charge in [-0.05, 0) is 57.0 Å². The van der Waals surface area contributed by atoms with E-state index in [0.717, 1.165) is 45.3 Å². The van der Waals surface area contributed by atoms with Gasteiger partial charge in [0.05, 0.1) is 6.10 Å². The largest absolute Gasteiger partial charge is 0.393 e. The third-order valence-electron chi connectivity index (χ3n) is 4.01. The van der Waals surface area contributed by atoms with Crippen LogP contribution >= 0.6 is 11.6 Å². The van der Waals surface area contributed by atoms with Crippen LogP contribution in [0.15, 0.2) is 0 Å². The number of halogens is 1. The van der Waals surface area contributed by atoms with Gasteiger partial charge >= 0.3 is 0 Å². The molecule has 0 aromatic carbocycles. The topological polar surface area (TPSA) is 74.2 Å². The van der Waals surface area contributed by atoms with Crippen LogP contribution < -0.4 is 10.2 Å². The smallest absolute Gasteiger partial charge is 0.231 e. The Labute approximate surface area is 131 Å². The maximum Gasteiger partial charge on any atom is 0.231 e. The molecule has 21 heavy (non-hydrogen) atoms. The van der Waals surface area contributed by atoms with E-state index in [4.69, 9.17) is 11.6 Å². The Hall–Kier alpha value is -1.14. The number of rotatable bonds is 6. The number of nitrogens with zero attached hydrogens (tertiary/aromatic N) is 4. The molecule has 2 N–H and O–H groups in total. The first-order chi connectivity index (χ1) is 10.1. The number of hydrogen-bond acceptors (Lipinski definition) is 6. The van der Waals surface area contributed by atoms with Gasteiger partial charge in [-0.1, -0.05) is 0 Å². The van der Waals surface area contributed by atoms with E-state index in [1.54, 1.807) is 0 Å². The Balaban J connectivity index is 1.96. The second-order valence-electron chi connectivity index (χ2n) is 5.46. The lowest BCUT2D eigenvalue weighted by Crippen LogP contribution is -2.26. The molecule has 7 heteroatoms. The van der Waals surface area contributed by atoms with E-state index in [1.807, 2.05) is 4.90 Å². The zero-order chi connectivity index (χ0) is 15.2. The van der Waals surface area contributed by atoms with Crippen LogP contribution in [0.4, 0.5) is 11.9 Å². The molecule has 118 valence electrons. The van der Waals surface area contributed by atoms with Crippen molar-refractivity contribution in [2.24, 2.45) is 5.92 Å². The first-order valence-corrected chi connectivity index (χ1v) is 8.08. The zero-order valence-corrected chi connectivity index (χ0v) is 13.5. The Morgan fingerprint density at radius 1 is 1.14 bits per heavy atom. The summed E-state index contributed by atoms with van der Waals surface area (Å²) in [6, 6.07) is 0. The lowest BCUT2D eigenvalue weighted by atomic mass is 9.87. The van der Waals surface area contributed by atoms with E-state index in [2.05, 4.69) is 34.1 Å². The fourth-order valence-electron chi connectivity index (χ4n) is 2.65. The Morgan fingerprint density at radius 3 is 2.43 bits per heavy atom. The van der Waals surface area contributed by atoms with E-state index < -0.39 is 0 Å². The molecule has 6 nitrogen and oxygen atoms in total. The third kappa shape index (κ3) is 4.68. The van der Waals surface area contributed by atoms with Gasteiger partial charge in [-0.15, -0.1) is 0 Å². The van der Waals surface area contributed by atoms with Gasteiger partial charge in [0.15, 0.2) is 0 Å². The number of aromatic nitrogens is 3. The maximum absolute atomic E-state index is 9.52. The molecule has 1 fully saturated rings. The SMILES string of the molecule is CCN(CC)c1nc(Cl)nc(NCC2CCC(O)CC2)n1. The van der Waals surface area contributed by atoms with Crippen molar-refractivity contribution in [3.05, 3.63) is 5.28 Å². The van der Waals surface area contributed by atoms with E-state index >= 15 is 0 Å². The van der Waals surface area contributed by atoms with Gasteiger partial charge in [-0.2, -0.15) is 15.0 Å². The first-order valence-electron chi connectivity index (χ1n) is 7.70. The summed E-state index contributed by atoms with van der Waals surface area (Å²) < 4.78 is 0. The van der Waals surface area contributed by atoms with Gasteiger partial charge in [0.25, 0.3) is 0 Å².